The number of carbonyl (C=O) groups is 1. The summed E-state index contributed by atoms with van der Waals surface area (Å²) in [5.41, 5.74) is 3.02. The normalized spacial score (nSPS) is 14.7. The lowest BCUT2D eigenvalue weighted by atomic mass is 10.1. The van der Waals surface area contributed by atoms with E-state index in [0.29, 0.717) is 0 Å². The van der Waals surface area contributed by atoms with Crippen molar-refractivity contribution in [1.82, 2.24) is 5.32 Å². The minimum atomic E-state index is 0.735. The summed E-state index contributed by atoms with van der Waals surface area (Å²) in [5.74, 6) is 0. The predicted molar refractivity (Wildman–Crippen MR) is 47.2 cm³/mol. The van der Waals surface area contributed by atoms with Crippen LogP contribution in [0.15, 0.2) is 18.2 Å². The predicted octanol–water partition coefficient (Wildman–Crippen LogP) is 0.972. The van der Waals surface area contributed by atoms with Crippen LogP contribution in [0.2, 0.25) is 0 Å². The second-order valence-electron chi connectivity index (χ2n) is 2.81. The maximum Gasteiger partial charge on any atom is 0.150 e. The Bertz CT molecular complexity index is 309. The molecule has 3 heteroatoms. The number of fused-ring (bicyclic) bond motifs is 1. The fraction of sp³-hybridized carbons (Fsp3) is 0.222. The van der Waals surface area contributed by atoms with E-state index in [-0.39, 0.29) is 0 Å². The third kappa shape index (κ3) is 1.19. The minimum Gasteiger partial charge on any atom is -0.372 e. The Kier molecular flexibility index (Phi) is 1.80. The summed E-state index contributed by atoms with van der Waals surface area (Å²) >= 11 is 0. The summed E-state index contributed by atoms with van der Waals surface area (Å²) in [6.45, 7) is 1.64. The van der Waals surface area contributed by atoms with E-state index in [2.05, 4.69) is 10.6 Å². The maximum atomic E-state index is 10.5. The van der Waals surface area contributed by atoms with Crippen LogP contribution in [-0.2, 0) is 6.54 Å². The van der Waals surface area contributed by atoms with E-state index in [0.717, 1.165) is 36.3 Å². The van der Waals surface area contributed by atoms with Crippen LogP contribution in [0.4, 0.5) is 5.69 Å². The van der Waals surface area contributed by atoms with Crippen molar-refractivity contribution >= 4 is 12.0 Å². The van der Waals surface area contributed by atoms with Crippen LogP contribution in [0.1, 0.15) is 15.9 Å². The molecule has 0 radical (unpaired) electrons. The molecule has 0 aliphatic carbocycles. The number of carbonyl (C=O) groups excluding carboxylic acids is 1. The first-order chi connectivity index (χ1) is 5.90. The molecule has 2 N–H and O–H groups in total. The smallest absolute Gasteiger partial charge is 0.150 e. The Morgan fingerprint density at radius 1 is 1.42 bits per heavy atom. The number of aldehydes is 1. The van der Waals surface area contributed by atoms with Crippen molar-refractivity contribution in [2.75, 3.05) is 12.0 Å². The fourth-order valence-corrected chi connectivity index (χ4v) is 1.36. The zero-order valence-corrected chi connectivity index (χ0v) is 6.63. The molecule has 3 nitrogen and oxygen atoms in total. The lowest BCUT2D eigenvalue weighted by Crippen LogP contribution is -2.27. The molecule has 1 aliphatic heterocycles. The van der Waals surface area contributed by atoms with Gasteiger partial charge in [-0.05, 0) is 23.8 Å². The highest BCUT2D eigenvalue weighted by molar-refractivity contribution is 5.77. The molecular formula is C9H10N2O. The molecule has 2 rings (SSSR count). The van der Waals surface area contributed by atoms with Crippen LogP contribution in [0.5, 0.6) is 0 Å². The van der Waals surface area contributed by atoms with E-state index in [1.807, 2.05) is 18.2 Å². The monoisotopic (exact) mass is 162 g/mol. The molecule has 0 saturated heterocycles. The van der Waals surface area contributed by atoms with Gasteiger partial charge < -0.3 is 5.32 Å². The van der Waals surface area contributed by atoms with Crippen molar-refractivity contribution in [3.8, 4) is 0 Å². The number of benzene rings is 1. The molecule has 0 atom stereocenters. The van der Waals surface area contributed by atoms with Gasteiger partial charge in [0.1, 0.15) is 6.29 Å². The summed E-state index contributed by atoms with van der Waals surface area (Å²) in [6.07, 6.45) is 0.870. The van der Waals surface area contributed by atoms with Crippen LogP contribution in [0.3, 0.4) is 0 Å². The van der Waals surface area contributed by atoms with Gasteiger partial charge in [0.15, 0.2) is 0 Å². The lowest BCUT2D eigenvalue weighted by Gasteiger charge is -2.18. The first-order valence-corrected chi connectivity index (χ1v) is 3.93. The van der Waals surface area contributed by atoms with E-state index in [4.69, 9.17) is 0 Å². The standard InChI is InChI=1S/C9H10N2O/c12-5-7-1-2-9-8(3-7)4-10-6-11-9/h1-3,5,10-11H,4,6H2. The molecule has 0 bridgehead atoms. The van der Waals surface area contributed by atoms with Gasteiger partial charge in [0.05, 0.1) is 6.67 Å². The molecule has 0 spiro atoms. The van der Waals surface area contributed by atoms with Gasteiger partial charge in [0, 0.05) is 17.8 Å². The number of rotatable bonds is 1. The summed E-state index contributed by atoms with van der Waals surface area (Å²) in [6, 6.07) is 5.67. The second kappa shape index (κ2) is 2.95. The average Bonchev–Trinajstić information content (AvgIpc) is 2.17. The Morgan fingerprint density at radius 3 is 3.17 bits per heavy atom. The van der Waals surface area contributed by atoms with E-state index >= 15 is 0 Å². The van der Waals surface area contributed by atoms with Crippen molar-refractivity contribution in [3.05, 3.63) is 29.3 Å². The molecule has 0 saturated carbocycles. The number of anilines is 1. The molecule has 0 unspecified atom stereocenters. The number of hydrogen-bond donors (Lipinski definition) is 2. The van der Waals surface area contributed by atoms with Gasteiger partial charge in [-0.15, -0.1) is 0 Å². The largest absolute Gasteiger partial charge is 0.372 e. The number of hydrogen-bond acceptors (Lipinski definition) is 3. The zero-order valence-electron chi connectivity index (χ0n) is 6.63. The summed E-state index contributed by atoms with van der Waals surface area (Å²) in [5, 5.41) is 6.35. The lowest BCUT2D eigenvalue weighted by molar-refractivity contribution is 0.112. The summed E-state index contributed by atoms with van der Waals surface area (Å²) < 4.78 is 0. The highest BCUT2D eigenvalue weighted by Crippen LogP contribution is 2.18. The Morgan fingerprint density at radius 2 is 2.33 bits per heavy atom. The SMILES string of the molecule is O=Cc1ccc2c(c1)CNCN2. The third-order valence-electron chi connectivity index (χ3n) is 1.98. The summed E-state index contributed by atoms with van der Waals surface area (Å²) in [7, 11) is 0. The molecule has 0 aromatic heterocycles. The van der Waals surface area contributed by atoms with Crippen LogP contribution in [-0.4, -0.2) is 13.0 Å². The van der Waals surface area contributed by atoms with Gasteiger partial charge in [0.25, 0.3) is 0 Å². The summed E-state index contributed by atoms with van der Waals surface area (Å²) in [4.78, 5) is 10.5. The topological polar surface area (TPSA) is 41.1 Å². The average molecular weight is 162 g/mol. The highest BCUT2D eigenvalue weighted by atomic mass is 16.1. The Hall–Kier alpha value is -1.35. The maximum absolute atomic E-state index is 10.5. The van der Waals surface area contributed by atoms with Crippen molar-refractivity contribution < 1.29 is 4.79 Å². The minimum absolute atomic E-state index is 0.735. The third-order valence-corrected chi connectivity index (χ3v) is 1.98. The van der Waals surface area contributed by atoms with Gasteiger partial charge in [-0.1, -0.05) is 0 Å². The van der Waals surface area contributed by atoms with Gasteiger partial charge in [-0.2, -0.15) is 0 Å². The molecule has 1 aliphatic rings. The van der Waals surface area contributed by atoms with Crippen molar-refractivity contribution in [3.63, 3.8) is 0 Å². The molecular weight excluding hydrogens is 152 g/mol. The molecule has 0 fully saturated rings. The Balaban J connectivity index is 2.42. The van der Waals surface area contributed by atoms with E-state index in [1.165, 1.54) is 0 Å². The molecule has 1 aromatic rings. The fourth-order valence-electron chi connectivity index (χ4n) is 1.36. The van der Waals surface area contributed by atoms with Crippen molar-refractivity contribution in [2.24, 2.45) is 0 Å². The van der Waals surface area contributed by atoms with E-state index < -0.39 is 0 Å². The van der Waals surface area contributed by atoms with Gasteiger partial charge >= 0.3 is 0 Å². The van der Waals surface area contributed by atoms with Gasteiger partial charge in [0.2, 0.25) is 0 Å². The highest BCUT2D eigenvalue weighted by Gasteiger charge is 2.06. The Labute approximate surface area is 70.8 Å². The van der Waals surface area contributed by atoms with E-state index in [9.17, 15) is 4.79 Å². The van der Waals surface area contributed by atoms with Crippen LogP contribution >= 0.6 is 0 Å². The first kappa shape index (κ1) is 7.31. The van der Waals surface area contributed by atoms with Gasteiger partial charge in [-0.25, -0.2) is 0 Å². The van der Waals surface area contributed by atoms with E-state index in [1.54, 1.807) is 0 Å². The van der Waals surface area contributed by atoms with Crippen molar-refractivity contribution in [1.29, 1.82) is 0 Å². The molecule has 0 amide bonds. The number of nitrogens with one attached hydrogen (secondary N) is 2. The first-order valence-electron chi connectivity index (χ1n) is 3.93. The van der Waals surface area contributed by atoms with Crippen LogP contribution in [0, 0.1) is 0 Å². The molecule has 1 aromatic carbocycles. The van der Waals surface area contributed by atoms with Gasteiger partial charge in [-0.3, -0.25) is 10.1 Å². The van der Waals surface area contributed by atoms with Crippen LogP contribution < -0.4 is 10.6 Å². The van der Waals surface area contributed by atoms with Crippen molar-refractivity contribution in [2.45, 2.75) is 6.54 Å². The molecule has 1 heterocycles. The molecule has 62 valence electrons. The quantitative estimate of drug-likeness (QED) is 0.604. The zero-order chi connectivity index (χ0) is 8.39. The molecule has 12 heavy (non-hydrogen) atoms. The van der Waals surface area contributed by atoms with Crippen LogP contribution in [0.25, 0.3) is 0 Å². The second-order valence-corrected chi connectivity index (χ2v) is 2.81.